The molecule has 8 nitrogen and oxygen atoms in total. The number of imidazole rings is 1. The van der Waals surface area contributed by atoms with Crippen LogP contribution in [0.4, 0.5) is 18.9 Å². The van der Waals surface area contributed by atoms with Crippen molar-refractivity contribution in [1.29, 1.82) is 0 Å². The number of nitrogens with zero attached hydrogens (tertiary/aromatic N) is 1. The lowest BCUT2D eigenvalue weighted by Crippen LogP contribution is -2.37. The molecule has 0 spiro atoms. The highest BCUT2D eigenvalue weighted by Crippen LogP contribution is 2.32. The molecule has 1 aromatic heterocycles. The summed E-state index contributed by atoms with van der Waals surface area (Å²) in [6, 6.07) is 8.85. The Morgan fingerprint density at radius 2 is 1.88 bits per heavy atom. The van der Waals surface area contributed by atoms with Crippen molar-refractivity contribution in [3.63, 3.8) is 0 Å². The van der Waals surface area contributed by atoms with E-state index in [1.807, 2.05) is 0 Å². The van der Waals surface area contributed by atoms with E-state index in [-0.39, 0.29) is 34.5 Å². The summed E-state index contributed by atoms with van der Waals surface area (Å²) >= 11 is 0. The minimum absolute atomic E-state index is 0.0170. The SMILES string of the molecule is COc1cc(-c2[nH]c(C)c(C(C)=O)[n+]2O)ccc1OCC(=O)Nc1cccc(C(F)(F)F)c1. The van der Waals surface area contributed by atoms with Crippen molar-refractivity contribution >= 4 is 17.4 Å². The first kappa shape index (κ1) is 23.6. The average Bonchev–Trinajstić information content (AvgIpc) is 3.05. The van der Waals surface area contributed by atoms with Crippen LogP contribution in [0.1, 0.15) is 28.7 Å². The van der Waals surface area contributed by atoms with E-state index < -0.39 is 24.3 Å². The van der Waals surface area contributed by atoms with Gasteiger partial charge in [0.15, 0.2) is 23.8 Å². The molecule has 0 bridgehead atoms. The number of amides is 1. The monoisotopic (exact) mass is 464 g/mol. The van der Waals surface area contributed by atoms with Crippen molar-refractivity contribution in [2.45, 2.75) is 20.0 Å². The summed E-state index contributed by atoms with van der Waals surface area (Å²) < 4.78 is 49.9. The van der Waals surface area contributed by atoms with Gasteiger partial charge in [-0.05, 0) is 41.1 Å². The number of aryl methyl sites for hydroxylation is 1. The molecule has 0 aliphatic rings. The molecule has 0 fully saturated rings. The first-order valence-electron chi connectivity index (χ1n) is 9.64. The quantitative estimate of drug-likeness (QED) is 0.281. The Bertz CT molecular complexity index is 1200. The van der Waals surface area contributed by atoms with Gasteiger partial charge in [0.1, 0.15) is 0 Å². The number of aromatic nitrogens is 2. The lowest BCUT2D eigenvalue weighted by Gasteiger charge is -2.12. The average molecular weight is 464 g/mol. The van der Waals surface area contributed by atoms with Crippen molar-refractivity contribution in [3.8, 4) is 22.9 Å². The predicted molar refractivity (Wildman–Crippen MR) is 110 cm³/mol. The lowest BCUT2D eigenvalue weighted by molar-refractivity contribution is -0.896. The summed E-state index contributed by atoms with van der Waals surface area (Å²) in [6.07, 6.45) is -4.53. The zero-order valence-corrected chi connectivity index (χ0v) is 17.9. The second kappa shape index (κ2) is 9.23. The number of rotatable bonds is 7. The molecule has 3 rings (SSSR count). The van der Waals surface area contributed by atoms with Crippen LogP contribution in [0.3, 0.4) is 0 Å². The second-order valence-electron chi connectivity index (χ2n) is 7.10. The number of methoxy groups -OCH3 is 1. The van der Waals surface area contributed by atoms with Crippen LogP contribution in [0.15, 0.2) is 42.5 Å². The molecular weight excluding hydrogens is 443 g/mol. The van der Waals surface area contributed by atoms with Gasteiger partial charge in [0.25, 0.3) is 11.6 Å². The molecule has 0 unspecified atom stereocenters. The number of Topliss-reactive ketones (excluding diaryl/α,β-unsaturated/α-hetero) is 1. The van der Waals surface area contributed by atoms with Gasteiger partial charge in [-0.3, -0.25) is 9.59 Å². The summed E-state index contributed by atoms with van der Waals surface area (Å²) in [5, 5.41) is 12.7. The fourth-order valence-electron chi connectivity index (χ4n) is 3.22. The third kappa shape index (κ3) is 5.25. The Morgan fingerprint density at radius 3 is 2.48 bits per heavy atom. The number of nitrogens with one attached hydrogen (secondary N) is 2. The van der Waals surface area contributed by atoms with Gasteiger partial charge < -0.3 is 20.0 Å². The fourth-order valence-corrected chi connectivity index (χ4v) is 3.22. The maximum Gasteiger partial charge on any atom is 0.416 e. The molecule has 0 radical (unpaired) electrons. The Kier molecular flexibility index (Phi) is 6.61. The summed E-state index contributed by atoms with van der Waals surface area (Å²) in [5.41, 5.74) is 0.163. The number of ether oxygens (including phenoxy) is 2. The minimum Gasteiger partial charge on any atom is -0.493 e. The van der Waals surface area contributed by atoms with Crippen LogP contribution in [0.2, 0.25) is 0 Å². The van der Waals surface area contributed by atoms with Crippen molar-refractivity contribution < 1.29 is 42.2 Å². The van der Waals surface area contributed by atoms with Gasteiger partial charge >= 0.3 is 12.0 Å². The largest absolute Gasteiger partial charge is 0.493 e. The molecular formula is C22H21F3N3O5+. The van der Waals surface area contributed by atoms with Gasteiger partial charge in [0.2, 0.25) is 5.78 Å². The molecule has 1 heterocycles. The molecule has 0 aliphatic carbocycles. The normalized spacial score (nSPS) is 11.2. The van der Waals surface area contributed by atoms with Crippen LogP contribution in [-0.4, -0.2) is 35.6 Å². The van der Waals surface area contributed by atoms with E-state index in [4.69, 9.17) is 9.47 Å². The third-order valence-electron chi connectivity index (χ3n) is 4.69. The Hall–Kier alpha value is -4.02. The minimum atomic E-state index is -4.53. The molecule has 33 heavy (non-hydrogen) atoms. The number of anilines is 1. The Morgan fingerprint density at radius 1 is 1.15 bits per heavy atom. The Labute approximate surface area is 186 Å². The first-order valence-corrected chi connectivity index (χ1v) is 9.64. The molecule has 0 saturated carbocycles. The number of benzene rings is 2. The van der Waals surface area contributed by atoms with Crippen molar-refractivity contribution in [2.24, 2.45) is 0 Å². The highest BCUT2D eigenvalue weighted by atomic mass is 19.4. The van der Waals surface area contributed by atoms with Crippen molar-refractivity contribution in [2.75, 3.05) is 19.0 Å². The maximum absolute atomic E-state index is 12.8. The van der Waals surface area contributed by atoms with Gasteiger partial charge in [0.05, 0.1) is 18.2 Å². The zero-order valence-electron chi connectivity index (χ0n) is 17.9. The van der Waals surface area contributed by atoms with Crippen molar-refractivity contribution in [1.82, 2.24) is 4.98 Å². The van der Waals surface area contributed by atoms with Crippen molar-refractivity contribution in [3.05, 3.63) is 59.4 Å². The van der Waals surface area contributed by atoms with E-state index >= 15 is 0 Å². The van der Waals surface area contributed by atoms with E-state index in [1.54, 1.807) is 13.0 Å². The Balaban J connectivity index is 1.73. The highest BCUT2D eigenvalue weighted by molar-refractivity contribution is 5.92. The zero-order chi connectivity index (χ0) is 24.3. The highest BCUT2D eigenvalue weighted by Gasteiger charge is 2.30. The van der Waals surface area contributed by atoms with Crippen LogP contribution in [0.5, 0.6) is 11.5 Å². The smallest absolute Gasteiger partial charge is 0.416 e. The number of alkyl halides is 3. The predicted octanol–water partition coefficient (Wildman–Crippen LogP) is 3.76. The molecule has 1 amide bonds. The van der Waals surface area contributed by atoms with Crippen LogP contribution >= 0.6 is 0 Å². The number of hydrogen-bond donors (Lipinski definition) is 3. The van der Waals surface area contributed by atoms with Crippen LogP contribution < -0.4 is 19.5 Å². The topological polar surface area (TPSA) is 105 Å². The fraction of sp³-hybridized carbons (Fsp3) is 0.227. The second-order valence-corrected chi connectivity index (χ2v) is 7.10. The number of carbonyl (C=O) groups is 2. The van der Waals surface area contributed by atoms with Gasteiger partial charge in [-0.2, -0.15) is 13.2 Å². The van der Waals surface area contributed by atoms with Gasteiger partial charge in [-0.25, -0.2) is 4.98 Å². The summed E-state index contributed by atoms with van der Waals surface area (Å²) in [6.45, 7) is 2.49. The lowest BCUT2D eigenvalue weighted by atomic mass is 10.2. The molecule has 0 atom stereocenters. The van der Waals surface area contributed by atoms with Crippen LogP contribution in [-0.2, 0) is 11.0 Å². The summed E-state index contributed by atoms with van der Waals surface area (Å²) in [5.74, 6) is -0.322. The molecule has 0 saturated heterocycles. The molecule has 11 heteroatoms. The third-order valence-corrected chi connectivity index (χ3v) is 4.69. The van der Waals surface area contributed by atoms with E-state index in [1.165, 1.54) is 38.3 Å². The standard InChI is InChI=1S/C22H20F3N3O5/c1-12-20(13(2)29)28(31)21(26-12)14-7-8-17(18(9-14)32-3)33-11-19(30)27-16-6-4-5-15(10-16)22(23,24)25/h4-10,31H,11H2,1-3H3,(H,27,30)/p+1. The molecule has 3 aromatic rings. The maximum atomic E-state index is 12.8. The number of ketones is 1. The van der Waals surface area contributed by atoms with E-state index in [2.05, 4.69) is 10.3 Å². The number of aromatic amines is 1. The first-order chi connectivity index (χ1) is 15.5. The van der Waals surface area contributed by atoms with Gasteiger partial charge in [-0.15, -0.1) is 0 Å². The molecule has 0 aliphatic heterocycles. The number of H-pyrrole nitrogens is 1. The van der Waals surface area contributed by atoms with Crippen LogP contribution in [0, 0.1) is 6.92 Å². The van der Waals surface area contributed by atoms with E-state index in [0.717, 1.165) is 16.9 Å². The number of hydrogen-bond acceptors (Lipinski definition) is 5. The number of halogens is 3. The van der Waals surface area contributed by atoms with E-state index in [9.17, 15) is 28.0 Å². The van der Waals surface area contributed by atoms with Gasteiger partial charge in [-0.1, -0.05) is 6.07 Å². The number of carbonyl (C=O) groups excluding carboxylic acids is 2. The summed E-state index contributed by atoms with van der Waals surface area (Å²) in [7, 11) is 1.38. The molecule has 174 valence electrons. The molecule has 3 N–H and O–H groups in total. The molecule has 2 aromatic carbocycles. The summed E-state index contributed by atoms with van der Waals surface area (Å²) in [4.78, 5) is 26.8. The van der Waals surface area contributed by atoms with Crippen LogP contribution in [0.25, 0.3) is 11.4 Å². The van der Waals surface area contributed by atoms with Gasteiger partial charge in [0, 0.05) is 19.5 Å². The van der Waals surface area contributed by atoms with E-state index in [0.29, 0.717) is 11.3 Å².